The first kappa shape index (κ1) is 13.9. The number of benzene rings is 1. The van der Waals surface area contributed by atoms with Gasteiger partial charge in [0, 0.05) is 6.42 Å². The summed E-state index contributed by atoms with van der Waals surface area (Å²) in [5, 5.41) is 0. The van der Waals surface area contributed by atoms with Crippen molar-refractivity contribution < 1.29 is 9.53 Å². The fourth-order valence-electron chi connectivity index (χ4n) is 5.40. The van der Waals surface area contributed by atoms with Gasteiger partial charge in [-0.15, -0.1) is 6.42 Å². The Labute approximate surface area is 132 Å². The lowest BCUT2D eigenvalue weighted by Gasteiger charge is -2.47. The molecule has 0 bridgehead atoms. The van der Waals surface area contributed by atoms with E-state index in [1.807, 2.05) is 0 Å². The Hall–Kier alpha value is -1.75. The third-order valence-electron chi connectivity index (χ3n) is 6.45. The van der Waals surface area contributed by atoms with E-state index in [1.165, 1.54) is 11.1 Å². The molecule has 2 heteroatoms. The smallest absolute Gasteiger partial charge is 0.151 e. The van der Waals surface area contributed by atoms with Gasteiger partial charge in [-0.3, -0.25) is 4.79 Å². The minimum absolute atomic E-state index is 0.332. The maximum Gasteiger partial charge on any atom is 0.151 e. The van der Waals surface area contributed by atoms with Crippen molar-refractivity contribution in [3.8, 4) is 18.1 Å². The fourth-order valence-corrected chi connectivity index (χ4v) is 5.40. The molecule has 2 saturated carbocycles. The predicted molar refractivity (Wildman–Crippen MR) is 85.8 cm³/mol. The monoisotopic (exact) mass is 294 g/mol. The second kappa shape index (κ2) is 4.88. The zero-order valence-corrected chi connectivity index (χ0v) is 13.1. The van der Waals surface area contributed by atoms with Crippen LogP contribution in [0.25, 0.3) is 0 Å². The van der Waals surface area contributed by atoms with Gasteiger partial charge in [-0.25, -0.2) is 0 Å². The average molecular weight is 294 g/mol. The maximum atomic E-state index is 12.4. The molecule has 1 aromatic rings. The second-order valence-corrected chi connectivity index (χ2v) is 7.10. The highest BCUT2D eigenvalue weighted by atomic mass is 16.5. The molecular weight excluding hydrogens is 272 g/mol. The van der Waals surface area contributed by atoms with E-state index in [-0.39, 0.29) is 0 Å². The highest BCUT2D eigenvalue weighted by Gasteiger charge is 2.56. The molecule has 0 N–H and O–H groups in total. The maximum absolute atomic E-state index is 12.4. The van der Waals surface area contributed by atoms with Crippen molar-refractivity contribution in [3.63, 3.8) is 0 Å². The van der Waals surface area contributed by atoms with Crippen molar-refractivity contribution in [3.05, 3.63) is 29.3 Å². The molecule has 0 unspecified atom stereocenters. The second-order valence-electron chi connectivity index (χ2n) is 7.10. The highest BCUT2D eigenvalue weighted by Crippen LogP contribution is 2.59. The molecule has 114 valence electrons. The van der Waals surface area contributed by atoms with Crippen molar-refractivity contribution in [2.45, 2.75) is 44.4 Å². The van der Waals surface area contributed by atoms with E-state index in [9.17, 15) is 4.79 Å². The Balaban J connectivity index is 1.72. The minimum Gasteiger partial charge on any atom is -0.497 e. The average Bonchev–Trinajstić information content (AvgIpc) is 2.91. The Morgan fingerprint density at radius 3 is 2.91 bits per heavy atom. The molecule has 2 nitrogen and oxygen atoms in total. The number of Topliss-reactive ketones (excluding diaryl/α,β-unsaturated/α-hetero) is 1. The number of rotatable bonds is 1. The Bertz CT molecular complexity index is 669. The third kappa shape index (κ3) is 1.72. The Morgan fingerprint density at radius 1 is 1.27 bits per heavy atom. The number of aryl methyl sites for hydroxylation is 1. The van der Waals surface area contributed by atoms with Gasteiger partial charge in [0.15, 0.2) is 5.78 Å². The summed E-state index contributed by atoms with van der Waals surface area (Å²) in [6.45, 7) is 0. The van der Waals surface area contributed by atoms with Crippen LogP contribution in [-0.2, 0) is 11.2 Å². The van der Waals surface area contributed by atoms with Gasteiger partial charge in [0.25, 0.3) is 0 Å². The standard InChI is InChI=1S/C20H22O2/c1-3-20-11-10-16-15-7-5-14(22-2)12-13(15)4-6-17(16)18(20)8-9-19(20)21/h1,5,7,12,16-18H,4,6,8-11H2,2H3/t16-,17-,18+,20+/m1/s1. The first-order valence-corrected chi connectivity index (χ1v) is 8.37. The van der Waals surface area contributed by atoms with E-state index in [0.717, 1.165) is 37.9 Å². The van der Waals surface area contributed by atoms with Crippen molar-refractivity contribution in [2.24, 2.45) is 17.3 Å². The molecule has 4 rings (SSSR count). The molecule has 0 heterocycles. The number of hydrogen-bond donors (Lipinski definition) is 0. The van der Waals surface area contributed by atoms with Gasteiger partial charge in [-0.2, -0.15) is 0 Å². The van der Waals surface area contributed by atoms with Crippen LogP contribution in [0.5, 0.6) is 5.75 Å². The zero-order valence-electron chi connectivity index (χ0n) is 13.1. The van der Waals surface area contributed by atoms with Gasteiger partial charge >= 0.3 is 0 Å². The molecule has 4 atom stereocenters. The molecule has 0 radical (unpaired) electrons. The van der Waals surface area contributed by atoms with E-state index in [1.54, 1.807) is 7.11 Å². The first-order valence-electron chi connectivity index (χ1n) is 8.37. The van der Waals surface area contributed by atoms with E-state index in [2.05, 4.69) is 24.1 Å². The quantitative estimate of drug-likeness (QED) is 0.738. The van der Waals surface area contributed by atoms with E-state index in [0.29, 0.717) is 30.0 Å². The molecule has 1 aromatic carbocycles. The summed E-state index contributed by atoms with van der Waals surface area (Å²) in [7, 11) is 1.72. The third-order valence-corrected chi connectivity index (χ3v) is 6.45. The van der Waals surface area contributed by atoms with E-state index >= 15 is 0 Å². The predicted octanol–water partition coefficient (Wildman–Crippen LogP) is 3.73. The molecule has 22 heavy (non-hydrogen) atoms. The van der Waals surface area contributed by atoms with Crippen LogP contribution < -0.4 is 4.74 Å². The summed E-state index contributed by atoms with van der Waals surface area (Å²) in [6.07, 6.45) is 11.7. The van der Waals surface area contributed by atoms with Crippen LogP contribution in [0.2, 0.25) is 0 Å². The van der Waals surface area contributed by atoms with Crippen LogP contribution in [-0.4, -0.2) is 12.9 Å². The van der Waals surface area contributed by atoms with Gasteiger partial charge in [-0.1, -0.05) is 12.0 Å². The number of ketones is 1. The van der Waals surface area contributed by atoms with Crippen LogP contribution in [0, 0.1) is 29.6 Å². The van der Waals surface area contributed by atoms with E-state index < -0.39 is 5.41 Å². The molecule has 3 aliphatic carbocycles. The van der Waals surface area contributed by atoms with Gasteiger partial charge in [0.2, 0.25) is 0 Å². The first-order chi connectivity index (χ1) is 10.7. The van der Waals surface area contributed by atoms with Crippen LogP contribution in [0.1, 0.15) is 49.1 Å². The molecule has 0 amide bonds. The summed E-state index contributed by atoms with van der Waals surface area (Å²) < 4.78 is 5.36. The lowest BCUT2D eigenvalue weighted by atomic mass is 9.55. The van der Waals surface area contributed by atoms with E-state index in [4.69, 9.17) is 11.2 Å². The zero-order chi connectivity index (χ0) is 15.3. The summed E-state index contributed by atoms with van der Waals surface area (Å²) in [4.78, 5) is 12.4. The Kier molecular flexibility index (Phi) is 3.08. The van der Waals surface area contributed by atoms with Crippen LogP contribution >= 0.6 is 0 Å². The van der Waals surface area contributed by atoms with Crippen molar-refractivity contribution in [2.75, 3.05) is 7.11 Å². The fraction of sp³-hybridized carbons (Fsp3) is 0.550. The topological polar surface area (TPSA) is 26.3 Å². The Morgan fingerprint density at radius 2 is 2.14 bits per heavy atom. The summed E-state index contributed by atoms with van der Waals surface area (Å²) in [5.74, 6) is 5.77. The molecular formula is C20H22O2. The molecule has 0 spiro atoms. The number of terminal acetylenes is 1. The van der Waals surface area contributed by atoms with Gasteiger partial charge in [-0.05, 0) is 73.1 Å². The summed E-state index contributed by atoms with van der Waals surface area (Å²) in [5.41, 5.74) is 2.46. The number of fused-ring (bicyclic) bond motifs is 5. The lowest BCUT2D eigenvalue weighted by Crippen LogP contribution is -2.43. The van der Waals surface area contributed by atoms with Gasteiger partial charge in [0.1, 0.15) is 5.75 Å². The number of hydrogen-bond acceptors (Lipinski definition) is 2. The highest BCUT2D eigenvalue weighted by molar-refractivity contribution is 5.90. The van der Waals surface area contributed by atoms with Crippen molar-refractivity contribution >= 4 is 5.78 Å². The van der Waals surface area contributed by atoms with Gasteiger partial charge < -0.3 is 4.74 Å². The van der Waals surface area contributed by atoms with Crippen LogP contribution in [0.3, 0.4) is 0 Å². The molecule has 3 aliphatic rings. The molecule has 0 saturated heterocycles. The molecule has 0 aromatic heterocycles. The van der Waals surface area contributed by atoms with Crippen molar-refractivity contribution in [1.29, 1.82) is 0 Å². The number of ether oxygens (including phenoxy) is 1. The van der Waals surface area contributed by atoms with Gasteiger partial charge in [0.05, 0.1) is 12.5 Å². The minimum atomic E-state index is -0.439. The lowest BCUT2D eigenvalue weighted by molar-refractivity contribution is -0.126. The summed E-state index contributed by atoms with van der Waals surface area (Å²) in [6, 6.07) is 6.50. The van der Waals surface area contributed by atoms with Crippen molar-refractivity contribution in [1.82, 2.24) is 0 Å². The van der Waals surface area contributed by atoms with Crippen LogP contribution in [0.15, 0.2) is 18.2 Å². The number of carbonyl (C=O) groups excluding carboxylic acids is 1. The molecule has 0 aliphatic heterocycles. The number of methoxy groups -OCH3 is 1. The SMILES string of the molecule is C#C[C@]12CC[C@@H]3c4ccc(OC)cc4CC[C@H]3[C@@H]1CCC2=O. The summed E-state index contributed by atoms with van der Waals surface area (Å²) >= 11 is 0. The molecule has 2 fully saturated rings. The van der Waals surface area contributed by atoms with Crippen LogP contribution in [0.4, 0.5) is 0 Å². The number of carbonyl (C=O) groups is 1. The largest absolute Gasteiger partial charge is 0.497 e. The normalized spacial score (nSPS) is 36.0.